The zero-order valence-electron chi connectivity index (χ0n) is 10.4. The third-order valence-electron chi connectivity index (χ3n) is 2.81. The molecule has 0 aromatic heterocycles. The van der Waals surface area contributed by atoms with Gasteiger partial charge >= 0.3 is 0 Å². The third kappa shape index (κ3) is 3.30. The second kappa shape index (κ2) is 5.99. The second-order valence-corrected chi connectivity index (χ2v) is 4.42. The van der Waals surface area contributed by atoms with Crippen molar-refractivity contribution in [3.63, 3.8) is 0 Å². The van der Waals surface area contributed by atoms with Gasteiger partial charge in [-0.15, -0.1) is 0 Å². The quantitative estimate of drug-likeness (QED) is 0.789. The van der Waals surface area contributed by atoms with E-state index in [0.29, 0.717) is 6.54 Å². The van der Waals surface area contributed by atoms with E-state index >= 15 is 0 Å². The fraction of sp³-hybridized carbons (Fsp3) is 0.538. The Morgan fingerprint density at radius 1 is 1.44 bits per heavy atom. The van der Waals surface area contributed by atoms with Crippen LogP contribution in [0.5, 0.6) is 0 Å². The molecular weight excluding hydrogens is 200 g/mol. The van der Waals surface area contributed by atoms with Crippen LogP contribution in [0.4, 0.5) is 0 Å². The van der Waals surface area contributed by atoms with Gasteiger partial charge in [0.15, 0.2) is 0 Å². The Bertz CT molecular complexity index is 325. The summed E-state index contributed by atoms with van der Waals surface area (Å²) < 4.78 is 0. The summed E-state index contributed by atoms with van der Waals surface area (Å²) in [6.07, 6.45) is 0. The van der Waals surface area contributed by atoms with Gasteiger partial charge in [0.1, 0.15) is 0 Å². The Labute approximate surface area is 97.9 Å². The molecule has 0 aliphatic heterocycles. The smallest absolute Gasteiger partial charge is 0.0558 e. The lowest BCUT2D eigenvalue weighted by molar-refractivity contribution is 0.167. The van der Waals surface area contributed by atoms with Gasteiger partial charge in [0.25, 0.3) is 0 Å². The van der Waals surface area contributed by atoms with Crippen molar-refractivity contribution in [3.8, 4) is 0 Å². The summed E-state index contributed by atoms with van der Waals surface area (Å²) in [7, 11) is 1.99. The van der Waals surface area contributed by atoms with Crippen molar-refractivity contribution < 1.29 is 5.11 Å². The van der Waals surface area contributed by atoms with Gasteiger partial charge in [0, 0.05) is 18.6 Å². The van der Waals surface area contributed by atoms with Crippen molar-refractivity contribution in [1.82, 2.24) is 4.90 Å². The Balaban J connectivity index is 2.93. The van der Waals surface area contributed by atoms with E-state index in [2.05, 4.69) is 30.0 Å². The Morgan fingerprint density at radius 3 is 2.62 bits per heavy atom. The molecule has 90 valence electrons. The first-order chi connectivity index (χ1) is 7.56. The van der Waals surface area contributed by atoms with Crippen molar-refractivity contribution in [2.24, 2.45) is 5.73 Å². The maximum atomic E-state index is 8.99. The molecule has 16 heavy (non-hydrogen) atoms. The van der Waals surface area contributed by atoms with Crippen LogP contribution in [0.1, 0.15) is 24.1 Å². The monoisotopic (exact) mass is 222 g/mol. The van der Waals surface area contributed by atoms with Gasteiger partial charge in [-0.25, -0.2) is 0 Å². The van der Waals surface area contributed by atoms with Gasteiger partial charge in [0.2, 0.25) is 0 Å². The molecule has 0 fully saturated rings. The number of nitrogens with two attached hydrogens (primary N) is 1. The third-order valence-corrected chi connectivity index (χ3v) is 2.81. The molecule has 0 saturated carbocycles. The van der Waals surface area contributed by atoms with Crippen molar-refractivity contribution in [2.75, 3.05) is 20.2 Å². The predicted octanol–water partition coefficient (Wildman–Crippen LogP) is 1.31. The Morgan fingerprint density at radius 2 is 2.12 bits per heavy atom. The minimum Gasteiger partial charge on any atom is -0.395 e. The first kappa shape index (κ1) is 13.2. The highest BCUT2D eigenvalue weighted by molar-refractivity contribution is 5.26. The molecule has 3 heteroatoms. The molecule has 0 aliphatic carbocycles. The Hall–Kier alpha value is -0.900. The second-order valence-electron chi connectivity index (χ2n) is 4.42. The molecule has 1 aromatic carbocycles. The van der Waals surface area contributed by atoms with Crippen molar-refractivity contribution in [2.45, 2.75) is 25.9 Å². The lowest BCUT2D eigenvalue weighted by Gasteiger charge is -2.31. The number of aliphatic hydroxyl groups excluding tert-OH is 1. The lowest BCUT2D eigenvalue weighted by atomic mass is 9.98. The zero-order valence-corrected chi connectivity index (χ0v) is 10.4. The molecule has 0 bridgehead atoms. The van der Waals surface area contributed by atoms with E-state index in [0.717, 1.165) is 0 Å². The van der Waals surface area contributed by atoms with Crippen LogP contribution in [-0.2, 0) is 0 Å². The highest BCUT2D eigenvalue weighted by atomic mass is 16.3. The molecule has 2 atom stereocenters. The highest BCUT2D eigenvalue weighted by Crippen LogP contribution is 2.22. The highest BCUT2D eigenvalue weighted by Gasteiger charge is 2.20. The molecular formula is C13H22N2O. The number of aliphatic hydroxyl groups is 1. The van der Waals surface area contributed by atoms with Crippen LogP contribution >= 0.6 is 0 Å². The number of hydrogen-bond donors (Lipinski definition) is 2. The molecule has 1 rings (SSSR count). The van der Waals surface area contributed by atoms with Crippen LogP contribution in [0.15, 0.2) is 24.3 Å². The summed E-state index contributed by atoms with van der Waals surface area (Å²) in [5.41, 5.74) is 8.48. The van der Waals surface area contributed by atoms with E-state index in [1.165, 1.54) is 11.1 Å². The summed E-state index contributed by atoms with van der Waals surface area (Å²) >= 11 is 0. The van der Waals surface area contributed by atoms with E-state index in [4.69, 9.17) is 10.8 Å². The molecule has 0 heterocycles. The van der Waals surface area contributed by atoms with Crippen molar-refractivity contribution in [1.29, 1.82) is 0 Å². The molecule has 0 aliphatic rings. The van der Waals surface area contributed by atoms with Crippen LogP contribution in [0, 0.1) is 6.92 Å². The normalized spacial score (nSPS) is 15.1. The molecule has 0 saturated heterocycles. The standard InChI is InChI=1S/C13H22N2O/c1-10-5-4-6-12(9-10)13(11(2)14)15(3)7-8-16/h4-6,9,11,13,16H,7-8,14H2,1-3H3. The lowest BCUT2D eigenvalue weighted by Crippen LogP contribution is -2.38. The number of hydrogen-bond acceptors (Lipinski definition) is 3. The minimum atomic E-state index is 0.0401. The first-order valence-electron chi connectivity index (χ1n) is 5.69. The predicted molar refractivity (Wildman–Crippen MR) is 67.3 cm³/mol. The van der Waals surface area contributed by atoms with E-state index in [1.807, 2.05) is 20.0 Å². The van der Waals surface area contributed by atoms with Crippen LogP contribution < -0.4 is 5.73 Å². The molecule has 3 nitrogen and oxygen atoms in total. The summed E-state index contributed by atoms with van der Waals surface area (Å²) in [6.45, 7) is 4.88. The van der Waals surface area contributed by atoms with Crippen molar-refractivity contribution >= 4 is 0 Å². The largest absolute Gasteiger partial charge is 0.395 e. The van der Waals surface area contributed by atoms with E-state index in [-0.39, 0.29) is 18.7 Å². The van der Waals surface area contributed by atoms with Gasteiger partial charge in [0.05, 0.1) is 6.61 Å². The SMILES string of the molecule is Cc1cccc(C(C(C)N)N(C)CCO)c1. The number of likely N-dealkylation sites (N-methyl/N-ethyl adjacent to an activating group) is 1. The van der Waals surface area contributed by atoms with Gasteiger partial charge in [-0.1, -0.05) is 29.8 Å². The molecule has 3 N–H and O–H groups in total. The summed E-state index contributed by atoms with van der Waals surface area (Å²) in [4.78, 5) is 2.10. The average molecular weight is 222 g/mol. The van der Waals surface area contributed by atoms with Gasteiger partial charge in [-0.05, 0) is 26.5 Å². The van der Waals surface area contributed by atoms with Gasteiger partial charge in [-0.3, -0.25) is 4.90 Å². The number of rotatable bonds is 5. The summed E-state index contributed by atoms with van der Waals surface area (Å²) in [5.74, 6) is 0. The maximum Gasteiger partial charge on any atom is 0.0558 e. The maximum absolute atomic E-state index is 8.99. The zero-order chi connectivity index (χ0) is 12.1. The van der Waals surface area contributed by atoms with E-state index < -0.39 is 0 Å². The average Bonchev–Trinajstić information content (AvgIpc) is 2.17. The fourth-order valence-electron chi connectivity index (χ4n) is 2.11. The summed E-state index contributed by atoms with van der Waals surface area (Å²) in [6, 6.07) is 8.57. The van der Waals surface area contributed by atoms with Crippen LogP contribution in [0.25, 0.3) is 0 Å². The van der Waals surface area contributed by atoms with Crippen LogP contribution in [-0.4, -0.2) is 36.2 Å². The minimum absolute atomic E-state index is 0.0401. The first-order valence-corrected chi connectivity index (χ1v) is 5.69. The molecule has 0 spiro atoms. The number of nitrogens with zero attached hydrogens (tertiary/aromatic N) is 1. The van der Waals surface area contributed by atoms with E-state index in [9.17, 15) is 0 Å². The van der Waals surface area contributed by atoms with Gasteiger partial charge < -0.3 is 10.8 Å². The number of benzene rings is 1. The molecule has 1 aromatic rings. The topological polar surface area (TPSA) is 49.5 Å². The van der Waals surface area contributed by atoms with Gasteiger partial charge in [-0.2, -0.15) is 0 Å². The summed E-state index contributed by atoms with van der Waals surface area (Å²) in [5, 5.41) is 8.99. The molecule has 0 radical (unpaired) electrons. The molecule has 0 amide bonds. The van der Waals surface area contributed by atoms with Crippen LogP contribution in [0.2, 0.25) is 0 Å². The molecule has 2 unspecified atom stereocenters. The van der Waals surface area contributed by atoms with Crippen LogP contribution in [0.3, 0.4) is 0 Å². The van der Waals surface area contributed by atoms with E-state index in [1.54, 1.807) is 0 Å². The fourth-order valence-corrected chi connectivity index (χ4v) is 2.11. The van der Waals surface area contributed by atoms with Crippen molar-refractivity contribution in [3.05, 3.63) is 35.4 Å². The number of aryl methyl sites for hydroxylation is 1. The Kier molecular flexibility index (Phi) is 4.93.